The van der Waals surface area contributed by atoms with Crippen LogP contribution in [0.1, 0.15) is 13.3 Å². The molecule has 0 radical (unpaired) electrons. The molecule has 3 N–H and O–H groups in total. The van der Waals surface area contributed by atoms with Gasteiger partial charge in [-0.05, 0) is 21.0 Å². The fourth-order valence-electron chi connectivity index (χ4n) is 1.23. The van der Waals surface area contributed by atoms with E-state index in [4.69, 9.17) is 5.11 Å². The second-order valence-electron chi connectivity index (χ2n) is 4.08. The molecule has 1 unspecified atom stereocenters. The molecule has 15 heavy (non-hydrogen) atoms. The number of aliphatic hydroxyl groups is 1. The van der Waals surface area contributed by atoms with Crippen LogP contribution in [0.2, 0.25) is 0 Å². The molecule has 1 atom stereocenters. The normalized spacial score (nSPS) is 14.7. The summed E-state index contributed by atoms with van der Waals surface area (Å²) in [5.74, 6) is -1.78. The Labute approximate surface area is 88.9 Å². The molecule has 0 aromatic carbocycles. The van der Waals surface area contributed by atoms with Gasteiger partial charge in [0.1, 0.15) is 6.42 Å². The average Bonchev–Trinajstić information content (AvgIpc) is 1.97. The van der Waals surface area contributed by atoms with Crippen molar-refractivity contribution < 1.29 is 19.8 Å². The Morgan fingerprint density at radius 1 is 1.40 bits per heavy atom. The lowest BCUT2D eigenvalue weighted by molar-refractivity contribution is -0.141. The number of rotatable bonds is 6. The highest BCUT2D eigenvalue weighted by Gasteiger charge is 2.22. The molecular formula is C9H18N2O4. The lowest BCUT2D eigenvalue weighted by atomic mass is 10.1. The van der Waals surface area contributed by atoms with E-state index in [1.165, 1.54) is 0 Å². The van der Waals surface area contributed by atoms with E-state index in [-0.39, 0.29) is 6.54 Å². The Balaban J connectivity index is 3.92. The average molecular weight is 218 g/mol. The van der Waals surface area contributed by atoms with Crippen molar-refractivity contribution in [3.05, 3.63) is 0 Å². The number of carbonyl (C=O) groups excluding carboxylic acids is 1. The summed E-state index contributed by atoms with van der Waals surface area (Å²) in [4.78, 5) is 22.9. The van der Waals surface area contributed by atoms with Crippen molar-refractivity contribution in [3.63, 3.8) is 0 Å². The Morgan fingerprint density at radius 3 is 2.33 bits per heavy atom. The third-order valence-corrected chi connectivity index (χ3v) is 1.64. The van der Waals surface area contributed by atoms with Gasteiger partial charge in [-0.25, -0.2) is 0 Å². The van der Waals surface area contributed by atoms with E-state index in [1.54, 1.807) is 25.9 Å². The molecule has 0 heterocycles. The van der Waals surface area contributed by atoms with Crippen LogP contribution in [0.15, 0.2) is 0 Å². The van der Waals surface area contributed by atoms with Crippen molar-refractivity contribution in [3.8, 4) is 0 Å². The zero-order valence-corrected chi connectivity index (χ0v) is 9.28. The molecule has 88 valence electrons. The van der Waals surface area contributed by atoms with Gasteiger partial charge in [0.25, 0.3) is 0 Å². The molecule has 0 aliphatic heterocycles. The third-order valence-electron chi connectivity index (χ3n) is 1.64. The molecule has 1 amide bonds. The highest BCUT2D eigenvalue weighted by atomic mass is 16.4. The number of aliphatic carboxylic acids is 1. The van der Waals surface area contributed by atoms with Gasteiger partial charge in [0.15, 0.2) is 0 Å². The molecule has 0 aromatic heterocycles. The second-order valence-corrected chi connectivity index (χ2v) is 4.08. The van der Waals surface area contributed by atoms with Crippen LogP contribution in [-0.4, -0.2) is 59.8 Å². The zero-order chi connectivity index (χ0) is 12.1. The topological polar surface area (TPSA) is 89.9 Å². The van der Waals surface area contributed by atoms with Gasteiger partial charge in [-0.1, -0.05) is 0 Å². The van der Waals surface area contributed by atoms with Crippen LogP contribution in [0.5, 0.6) is 0 Å². The molecule has 0 saturated heterocycles. The van der Waals surface area contributed by atoms with E-state index >= 15 is 0 Å². The zero-order valence-electron chi connectivity index (χ0n) is 9.28. The number of nitrogens with zero attached hydrogens (tertiary/aromatic N) is 1. The summed E-state index contributed by atoms with van der Waals surface area (Å²) < 4.78 is 0. The number of amides is 1. The first-order valence-corrected chi connectivity index (χ1v) is 4.58. The predicted octanol–water partition coefficient (Wildman–Crippen LogP) is -1.11. The number of hydrogen-bond acceptors (Lipinski definition) is 4. The quantitative estimate of drug-likeness (QED) is 0.492. The van der Waals surface area contributed by atoms with E-state index < -0.39 is 23.9 Å². The summed E-state index contributed by atoms with van der Waals surface area (Å²) in [5.41, 5.74) is -1.06. The van der Waals surface area contributed by atoms with Gasteiger partial charge in [-0.2, -0.15) is 0 Å². The number of carbonyl (C=O) groups is 2. The monoisotopic (exact) mass is 218 g/mol. The first-order valence-electron chi connectivity index (χ1n) is 4.58. The van der Waals surface area contributed by atoms with Crippen LogP contribution in [0.3, 0.4) is 0 Å². The molecule has 0 fully saturated rings. The molecule has 0 saturated carbocycles. The van der Waals surface area contributed by atoms with Crippen LogP contribution >= 0.6 is 0 Å². The van der Waals surface area contributed by atoms with Gasteiger partial charge in [-0.3, -0.25) is 9.59 Å². The Morgan fingerprint density at radius 2 is 1.93 bits per heavy atom. The summed E-state index contributed by atoms with van der Waals surface area (Å²) in [6.07, 6.45) is -0.571. The molecule has 0 aromatic rings. The number of carboxylic acids is 1. The minimum atomic E-state index is -1.18. The number of hydrogen-bond donors (Lipinski definition) is 3. The van der Waals surface area contributed by atoms with Crippen LogP contribution in [0.25, 0.3) is 0 Å². The van der Waals surface area contributed by atoms with Crippen molar-refractivity contribution in [1.29, 1.82) is 0 Å². The maximum absolute atomic E-state index is 11.0. The van der Waals surface area contributed by atoms with Crippen molar-refractivity contribution in [2.24, 2.45) is 0 Å². The van der Waals surface area contributed by atoms with Crippen LogP contribution in [0, 0.1) is 0 Å². The molecule has 0 bridgehead atoms. The first kappa shape index (κ1) is 13.9. The molecule has 6 nitrogen and oxygen atoms in total. The number of likely N-dealkylation sites (N-methyl/N-ethyl adjacent to an activating group) is 1. The van der Waals surface area contributed by atoms with Gasteiger partial charge < -0.3 is 20.4 Å². The minimum absolute atomic E-state index is 0.0390. The van der Waals surface area contributed by atoms with Gasteiger partial charge in [0.05, 0.1) is 5.60 Å². The second kappa shape index (κ2) is 5.67. The fraction of sp³-hybridized carbons (Fsp3) is 0.778. The SMILES string of the molecule is CN(C)CC(C)(O)CNC(=O)CC(=O)O. The van der Waals surface area contributed by atoms with E-state index in [9.17, 15) is 14.7 Å². The van der Waals surface area contributed by atoms with Crippen molar-refractivity contribution in [2.45, 2.75) is 18.9 Å². The van der Waals surface area contributed by atoms with Gasteiger partial charge >= 0.3 is 5.97 Å². The molecule has 0 aliphatic carbocycles. The fourth-order valence-corrected chi connectivity index (χ4v) is 1.23. The van der Waals surface area contributed by atoms with Crippen molar-refractivity contribution in [2.75, 3.05) is 27.2 Å². The number of carboxylic acid groups (broad SMARTS) is 1. The lowest BCUT2D eigenvalue weighted by Crippen LogP contribution is -2.47. The summed E-state index contributed by atoms with van der Waals surface area (Å²) in [6, 6.07) is 0. The Kier molecular flexibility index (Phi) is 5.24. The van der Waals surface area contributed by atoms with Crippen molar-refractivity contribution >= 4 is 11.9 Å². The van der Waals surface area contributed by atoms with Crippen molar-refractivity contribution in [1.82, 2.24) is 10.2 Å². The Bertz CT molecular complexity index is 238. The first-order chi connectivity index (χ1) is 6.73. The minimum Gasteiger partial charge on any atom is -0.481 e. The predicted molar refractivity (Wildman–Crippen MR) is 54.4 cm³/mol. The summed E-state index contributed by atoms with van der Waals surface area (Å²) in [5, 5.41) is 20.5. The highest BCUT2D eigenvalue weighted by molar-refractivity contribution is 5.93. The third kappa shape index (κ3) is 7.90. The van der Waals surface area contributed by atoms with E-state index in [0.29, 0.717) is 6.54 Å². The lowest BCUT2D eigenvalue weighted by Gasteiger charge is -2.26. The van der Waals surface area contributed by atoms with Gasteiger partial charge in [-0.15, -0.1) is 0 Å². The van der Waals surface area contributed by atoms with Crippen LogP contribution < -0.4 is 5.32 Å². The van der Waals surface area contributed by atoms with E-state index in [2.05, 4.69) is 5.32 Å². The van der Waals surface area contributed by atoms with E-state index in [1.807, 2.05) is 0 Å². The number of nitrogens with one attached hydrogen (secondary N) is 1. The summed E-state index contributed by atoms with van der Waals surface area (Å²) in [7, 11) is 3.60. The maximum Gasteiger partial charge on any atom is 0.312 e. The molecule has 6 heteroatoms. The summed E-state index contributed by atoms with van der Waals surface area (Å²) in [6.45, 7) is 2.01. The molecular weight excluding hydrogens is 200 g/mol. The smallest absolute Gasteiger partial charge is 0.312 e. The summed E-state index contributed by atoms with van der Waals surface area (Å²) >= 11 is 0. The molecule has 0 rings (SSSR count). The highest BCUT2D eigenvalue weighted by Crippen LogP contribution is 2.02. The standard InChI is InChI=1S/C9H18N2O4/c1-9(15,6-11(2)3)5-10-7(12)4-8(13)14/h15H,4-6H2,1-3H3,(H,10,12)(H,13,14). The molecule has 0 aliphatic rings. The maximum atomic E-state index is 11.0. The van der Waals surface area contributed by atoms with Gasteiger partial charge in [0.2, 0.25) is 5.91 Å². The Hall–Kier alpha value is -1.14. The van der Waals surface area contributed by atoms with Gasteiger partial charge in [0, 0.05) is 13.1 Å². The van der Waals surface area contributed by atoms with E-state index in [0.717, 1.165) is 0 Å². The van der Waals surface area contributed by atoms with Crippen LogP contribution in [-0.2, 0) is 9.59 Å². The largest absolute Gasteiger partial charge is 0.481 e. The molecule has 0 spiro atoms. The van der Waals surface area contributed by atoms with Crippen LogP contribution in [0.4, 0.5) is 0 Å².